The summed E-state index contributed by atoms with van der Waals surface area (Å²) < 4.78 is 0. The molecule has 1 rings (SSSR count). The number of nitrogens with zero attached hydrogens (tertiary/aromatic N) is 2. The molecule has 1 amide bonds. The van der Waals surface area contributed by atoms with Gasteiger partial charge in [-0.1, -0.05) is 6.92 Å². The molecule has 1 heterocycles. The van der Waals surface area contributed by atoms with Crippen molar-refractivity contribution in [2.45, 2.75) is 32.7 Å². The third-order valence-corrected chi connectivity index (χ3v) is 2.42. The molecule has 0 aliphatic carbocycles. The smallest absolute Gasteiger partial charge is 0.255 e. The summed E-state index contributed by atoms with van der Waals surface area (Å²) in [5.74, 6) is -0.271. The van der Waals surface area contributed by atoms with Crippen molar-refractivity contribution < 1.29 is 4.79 Å². The van der Waals surface area contributed by atoms with Crippen molar-refractivity contribution in [1.82, 2.24) is 15.5 Å². The molecule has 5 heteroatoms. The highest BCUT2D eigenvalue weighted by Gasteiger charge is 2.25. The number of hydrogen-bond donors (Lipinski definition) is 2. The number of aromatic nitrogens is 2. The molecule has 15 heavy (non-hydrogen) atoms. The van der Waals surface area contributed by atoms with E-state index in [-0.39, 0.29) is 5.91 Å². The Kier molecular flexibility index (Phi) is 3.10. The molecular weight excluding hydrogens is 192 g/mol. The number of hydrogen-bond acceptors (Lipinski definition) is 3. The third-order valence-electron chi connectivity index (χ3n) is 2.42. The second-order valence-electron chi connectivity index (χ2n) is 3.66. The number of carbonyl (C=O) groups excluding carboxylic acids is 1. The van der Waals surface area contributed by atoms with Gasteiger partial charge in [0.05, 0.1) is 17.8 Å². The molecule has 2 N–H and O–H groups in total. The molecule has 0 fully saturated rings. The normalized spacial score (nSPS) is 14.0. The fourth-order valence-corrected chi connectivity index (χ4v) is 1.09. The fourth-order valence-electron chi connectivity index (χ4n) is 1.09. The van der Waals surface area contributed by atoms with E-state index in [9.17, 15) is 4.79 Å². The molecule has 0 spiro atoms. The zero-order chi connectivity index (χ0) is 11.5. The first-order chi connectivity index (χ1) is 7.02. The van der Waals surface area contributed by atoms with Crippen LogP contribution in [0.25, 0.3) is 0 Å². The summed E-state index contributed by atoms with van der Waals surface area (Å²) in [5.41, 5.74) is 0.356. The molecule has 1 aromatic rings. The Morgan fingerprint density at radius 2 is 2.47 bits per heavy atom. The second-order valence-corrected chi connectivity index (χ2v) is 3.66. The first-order valence-electron chi connectivity index (χ1n) is 4.76. The van der Waals surface area contributed by atoms with Crippen LogP contribution in [0.3, 0.4) is 0 Å². The quantitative estimate of drug-likeness (QED) is 0.778. The molecule has 0 aliphatic heterocycles. The van der Waals surface area contributed by atoms with Crippen LogP contribution >= 0.6 is 0 Å². The van der Waals surface area contributed by atoms with E-state index >= 15 is 0 Å². The van der Waals surface area contributed by atoms with E-state index in [4.69, 9.17) is 5.26 Å². The second kappa shape index (κ2) is 4.13. The van der Waals surface area contributed by atoms with Gasteiger partial charge in [-0.15, -0.1) is 0 Å². The van der Waals surface area contributed by atoms with Gasteiger partial charge >= 0.3 is 0 Å². The zero-order valence-electron chi connectivity index (χ0n) is 9.09. The molecular formula is C10H14N4O. The van der Waals surface area contributed by atoms with Crippen molar-refractivity contribution in [3.05, 3.63) is 17.5 Å². The number of amides is 1. The fraction of sp³-hybridized carbons (Fsp3) is 0.500. The molecule has 0 bridgehead atoms. The maximum atomic E-state index is 11.7. The molecule has 0 aromatic carbocycles. The molecule has 5 nitrogen and oxygen atoms in total. The number of nitriles is 1. The van der Waals surface area contributed by atoms with Gasteiger partial charge in [0.15, 0.2) is 0 Å². The standard InChI is InChI=1S/C10H14N4O/c1-4-10(3,6-11)13-9(15)8-5-12-14-7(8)2/h5H,4H2,1-3H3,(H,12,14)(H,13,15). The van der Waals surface area contributed by atoms with Crippen LogP contribution in [-0.4, -0.2) is 21.6 Å². The SMILES string of the molecule is CCC(C)(C#N)NC(=O)c1cn[nH]c1C. The zero-order valence-corrected chi connectivity index (χ0v) is 9.09. The van der Waals surface area contributed by atoms with Gasteiger partial charge in [0.2, 0.25) is 0 Å². The lowest BCUT2D eigenvalue weighted by atomic mass is 10.0. The number of H-pyrrole nitrogens is 1. The molecule has 0 aliphatic rings. The van der Waals surface area contributed by atoms with E-state index in [1.807, 2.05) is 6.92 Å². The number of carbonyl (C=O) groups is 1. The van der Waals surface area contributed by atoms with E-state index in [1.165, 1.54) is 6.20 Å². The van der Waals surface area contributed by atoms with E-state index in [1.54, 1.807) is 13.8 Å². The van der Waals surface area contributed by atoms with Gasteiger partial charge in [0.25, 0.3) is 5.91 Å². The van der Waals surface area contributed by atoms with Crippen LogP contribution in [0.15, 0.2) is 6.20 Å². The summed E-state index contributed by atoms with van der Waals surface area (Å²) in [5, 5.41) is 18.0. The van der Waals surface area contributed by atoms with Crippen LogP contribution in [0.1, 0.15) is 36.3 Å². The van der Waals surface area contributed by atoms with Crippen molar-refractivity contribution in [2.24, 2.45) is 0 Å². The van der Waals surface area contributed by atoms with Gasteiger partial charge in [0, 0.05) is 5.69 Å². The minimum atomic E-state index is -0.819. The van der Waals surface area contributed by atoms with E-state index in [2.05, 4.69) is 21.6 Å². The van der Waals surface area contributed by atoms with E-state index in [0.29, 0.717) is 17.7 Å². The highest BCUT2D eigenvalue weighted by molar-refractivity contribution is 5.95. The van der Waals surface area contributed by atoms with E-state index in [0.717, 1.165) is 0 Å². The lowest BCUT2D eigenvalue weighted by Gasteiger charge is -2.20. The van der Waals surface area contributed by atoms with Gasteiger partial charge in [-0.2, -0.15) is 10.4 Å². The molecule has 0 saturated heterocycles. The average Bonchev–Trinajstić information content (AvgIpc) is 2.64. The summed E-state index contributed by atoms with van der Waals surface area (Å²) in [6.07, 6.45) is 2.02. The highest BCUT2D eigenvalue weighted by Crippen LogP contribution is 2.10. The van der Waals surface area contributed by atoms with Gasteiger partial charge in [0.1, 0.15) is 5.54 Å². The summed E-state index contributed by atoms with van der Waals surface area (Å²) in [7, 11) is 0. The minimum absolute atomic E-state index is 0.271. The monoisotopic (exact) mass is 206 g/mol. The van der Waals surface area contributed by atoms with Crippen LogP contribution < -0.4 is 5.32 Å². The first-order valence-corrected chi connectivity index (χ1v) is 4.76. The van der Waals surface area contributed by atoms with Gasteiger partial charge < -0.3 is 5.32 Å². The van der Waals surface area contributed by atoms with E-state index < -0.39 is 5.54 Å². The van der Waals surface area contributed by atoms with Gasteiger partial charge in [-0.05, 0) is 20.3 Å². The molecule has 1 atom stereocenters. The topological polar surface area (TPSA) is 81.6 Å². The van der Waals surface area contributed by atoms with Crippen molar-refractivity contribution in [3.63, 3.8) is 0 Å². The number of rotatable bonds is 3. The lowest BCUT2D eigenvalue weighted by Crippen LogP contribution is -2.44. The Hall–Kier alpha value is -1.83. The Morgan fingerprint density at radius 1 is 1.80 bits per heavy atom. The van der Waals surface area contributed by atoms with Crippen LogP contribution in [-0.2, 0) is 0 Å². The molecule has 1 aromatic heterocycles. The molecule has 0 radical (unpaired) electrons. The third kappa shape index (κ3) is 2.34. The number of aromatic amines is 1. The average molecular weight is 206 g/mol. The number of nitrogens with one attached hydrogen (secondary N) is 2. The molecule has 1 unspecified atom stereocenters. The van der Waals surface area contributed by atoms with Crippen molar-refractivity contribution in [2.75, 3.05) is 0 Å². The minimum Gasteiger partial charge on any atom is -0.334 e. The summed E-state index contributed by atoms with van der Waals surface area (Å²) in [6.45, 7) is 5.31. The molecule has 0 saturated carbocycles. The van der Waals surface area contributed by atoms with Crippen LogP contribution in [0.4, 0.5) is 0 Å². The summed E-state index contributed by atoms with van der Waals surface area (Å²) in [4.78, 5) is 11.7. The highest BCUT2D eigenvalue weighted by atomic mass is 16.1. The Labute approximate surface area is 88.5 Å². The van der Waals surface area contributed by atoms with Crippen molar-refractivity contribution >= 4 is 5.91 Å². The lowest BCUT2D eigenvalue weighted by molar-refractivity contribution is 0.0922. The maximum Gasteiger partial charge on any atom is 0.255 e. The largest absolute Gasteiger partial charge is 0.334 e. The van der Waals surface area contributed by atoms with Crippen LogP contribution in [0, 0.1) is 18.3 Å². The summed E-state index contributed by atoms with van der Waals surface area (Å²) in [6, 6.07) is 2.08. The Bertz CT molecular complexity index is 404. The predicted molar refractivity (Wildman–Crippen MR) is 55.1 cm³/mol. The molecule has 80 valence electrons. The summed E-state index contributed by atoms with van der Waals surface area (Å²) >= 11 is 0. The number of aryl methyl sites for hydroxylation is 1. The van der Waals surface area contributed by atoms with Crippen LogP contribution in [0.5, 0.6) is 0 Å². The van der Waals surface area contributed by atoms with Gasteiger partial charge in [-0.25, -0.2) is 0 Å². The Morgan fingerprint density at radius 3 is 2.87 bits per heavy atom. The Balaban J connectivity index is 2.82. The van der Waals surface area contributed by atoms with Crippen molar-refractivity contribution in [3.8, 4) is 6.07 Å². The predicted octanol–water partition coefficient (Wildman–Crippen LogP) is 1.14. The van der Waals surface area contributed by atoms with Crippen molar-refractivity contribution in [1.29, 1.82) is 5.26 Å². The van der Waals surface area contributed by atoms with Gasteiger partial charge in [-0.3, -0.25) is 9.89 Å². The van der Waals surface area contributed by atoms with Crippen LogP contribution in [0.2, 0.25) is 0 Å². The maximum absolute atomic E-state index is 11.7. The first kappa shape index (κ1) is 11.2.